The maximum atomic E-state index is 13.1. The molecule has 0 amide bonds. The first-order valence-electron chi connectivity index (χ1n) is 7.50. The number of methoxy groups -OCH3 is 1. The van der Waals surface area contributed by atoms with Gasteiger partial charge in [-0.1, -0.05) is 12.1 Å². The van der Waals surface area contributed by atoms with Gasteiger partial charge in [-0.05, 0) is 42.5 Å². The van der Waals surface area contributed by atoms with Crippen molar-refractivity contribution in [3.05, 3.63) is 65.9 Å². The van der Waals surface area contributed by atoms with E-state index < -0.39 is 11.7 Å². The number of hydrogen-bond donors (Lipinski definition) is 0. The van der Waals surface area contributed by atoms with E-state index in [-0.39, 0.29) is 22.8 Å². The summed E-state index contributed by atoms with van der Waals surface area (Å²) in [5.74, 6) is 0.975. The van der Waals surface area contributed by atoms with Crippen molar-refractivity contribution in [1.29, 1.82) is 0 Å². The average Bonchev–Trinajstić information content (AvgIpc) is 3.10. The summed E-state index contributed by atoms with van der Waals surface area (Å²) in [6.45, 7) is 0. The summed E-state index contributed by atoms with van der Waals surface area (Å²) in [5, 5.41) is 0. The molecule has 1 aromatic heterocycles. The van der Waals surface area contributed by atoms with Gasteiger partial charge in [-0.25, -0.2) is 0 Å². The van der Waals surface area contributed by atoms with Gasteiger partial charge in [-0.15, -0.1) is 0 Å². The van der Waals surface area contributed by atoms with Crippen LogP contribution >= 0.6 is 0 Å². The first-order valence-corrected chi connectivity index (χ1v) is 7.50. The lowest BCUT2D eigenvalue weighted by Gasteiger charge is -2.15. The molecule has 0 bridgehead atoms. The lowest BCUT2D eigenvalue weighted by molar-refractivity contribution is -0.137. The molecule has 2 aromatic carbocycles. The van der Waals surface area contributed by atoms with Crippen molar-refractivity contribution in [3.8, 4) is 28.6 Å². The summed E-state index contributed by atoms with van der Waals surface area (Å²) >= 11 is 0. The Bertz CT molecular complexity index is 929. The number of hydrogen-bond acceptors (Lipinski definition) is 4. The minimum Gasteiger partial charge on any atom is -0.493 e. The summed E-state index contributed by atoms with van der Waals surface area (Å²) in [5.41, 5.74) is -0.789. The fourth-order valence-corrected chi connectivity index (χ4v) is 2.37. The van der Waals surface area contributed by atoms with Gasteiger partial charge in [0.25, 0.3) is 0 Å². The number of alkyl halides is 3. The summed E-state index contributed by atoms with van der Waals surface area (Å²) in [6, 6.07) is 12.5. The van der Waals surface area contributed by atoms with E-state index in [4.69, 9.17) is 13.9 Å². The summed E-state index contributed by atoms with van der Waals surface area (Å²) in [7, 11) is 1.46. The van der Waals surface area contributed by atoms with Crippen molar-refractivity contribution in [2.75, 3.05) is 7.11 Å². The number of para-hydroxylation sites is 2. The van der Waals surface area contributed by atoms with Gasteiger partial charge in [0.05, 0.1) is 18.2 Å². The number of ether oxygens (including phenoxy) is 2. The molecule has 26 heavy (non-hydrogen) atoms. The number of halogens is 3. The van der Waals surface area contributed by atoms with Crippen molar-refractivity contribution < 1.29 is 31.9 Å². The molecule has 0 unspecified atom stereocenters. The lowest BCUT2D eigenvalue weighted by atomic mass is 10.1. The second-order valence-corrected chi connectivity index (χ2v) is 5.28. The number of carbonyl (C=O) groups excluding carboxylic acids is 1. The molecule has 3 rings (SSSR count). The Morgan fingerprint density at radius 2 is 1.69 bits per heavy atom. The Kier molecular flexibility index (Phi) is 4.71. The quantitative estimate of drug-likeness (QED) is 0.556. The Morgan fingerprint density at radius 3 is 2.31 bits per heavy atom. The molecule has 0 saturated heterocycles. The Morgan fingerprint density at radius 1 is 0.962 bits per heavy atom. The van der Waals surface area contributed by atoms with Crippen LogP contribution in [-0.2, 0) is 6.18 Å². The first kappa shape index (κ1) is 17.6. The van der Waals surface area contributed by atoms with Gasteiger partial charge < -0.3 is 13.9 Å². The normalized spacial score (nSPS) is 11.2. The third-order valence-electron chi connectivity index (χ3n) is 3.60. The standard InChI is InChI=1S/C19H13F3O4/c1-24-17-4-2-3-5-18(17)26-16-8-6-12(19(20,21)22)10-14(16)15-9-7-13(11-23)25-15/h2-11H,1H3. The molecule has 4 nitrogen and oxygen atoms in total. The molecule has 0 radical (unpaired) electrons. The smallest absolute Gasteiger partial charge is 0.416 e. The fraction of sp³-hybridized carbons (Fsp3) is 0.105. The molecule has 1 heterocycles. The van der Waals surface area contributed by atoms with Crippen LogP contribution in [0.25, 0.3) is 11.3 Å². The number of aldehydes is 1. The molecule has 0 fully saturated rings. The molecule has 0 spiro atoms. The van der Waals surface area contributed by atoms with Crippen molar-refractivity contribution in [1.82, 2.24) is 0 Å². The SMILES string of the molecule is COc1ccccc1Oc1ccc(C(F)(F)F)cc1-c1ccc(C=O)o1. The summed E-state index contributed by atoms with van der Waals surface area (Å²) in [6.07, 6.45) is -4.06. The fourth-order valence-electron chi connectivity index (χ4n) is 2.37. The molecule has 0 aliphatic heterocycles. The number of furan rings is 1. The number of carbonyl (C=O) groups is 1. The van der Waals surface area contributed by atoms with Crippen LogP contribution in [-0.4, -0.2) is 13.4 Å². The van der Waals surface area contributed by atoms with E-state index in [1.165, 1.54) is 25.3 Å². The zero-order valence-electron chi connectivity index (χ0n) is 13.5. The van der Waals surface area contributed by atoms with Gasteiger partial charge >= 0.3 is 6.18 Å². The highest BCUT2D eigenvalue weighted by atomic mass is 19.4. The van der Waals surface area contributed by atoms with Gasteiger partial charge in [0.1, 0.15) is 11.5 Å². The third-order valence-corrected chi connectivity index (χ3v) is 3.60. The molecule has 7 heteroatoms. The minimum atomic E-state index is -4.53. The van der Waals surface area contributed by atoms with Crippen LogP contribution in [0, 0.1) is 0 Å². The van der Waals surface area contributed by atoms with E-state index in [1.54, 1.807) is 24.3 Å². The van der Waals surface area contributed by atoms with Crippen LogP contribution < -0.4 is 9.47 Å². The van der Waals surface area contributed by atoms with Crippen molar-refractivity contribution >= 4 is 6.29 Å². The van der Waals surface area contributed by atoms with E-state index in [1.807, 2.05) is 0 Å². The Balaban J connectivity index is 2.10. The lowest BCUT2D eigenvalue weighted by Crippen LogP contribution is -2.05. The molecule has 0 aliphatic rings. The van der Waals surface area contributed by atoms with E-state index in [0.29, 0.717) is 17.8 Å². The van der Waals surface area contributed by atoms with Crippen LogP contribution in [0.1, 0.15) is 16.1 Å². The van der Waals surface area contributed by atoms with E-state index in [2.05, 4.69) is 0 Å². The number of rotatable bonds is 5. The molecular formula is C19H13F3O4. The van der Waals surface area contributed by atoms with Crippen molar-refractivity contribution in [2.45, 2.75) is 6.18 Å². The molecule has 0 atom stereocenters. The Hall–Kier alpha value is -3.22. The van der Waals surface area contributed by atoms with E-state index in [0.717, 1.165) is 12.1 Å². The van der Waals surface area contributed by atoms with Gasteiger partial charge in [0, 0.05) is 0 Å². The third kappa shape index (κ3) is 3.56. The molecule has 0 aliphatic carbocycles. The minimum absolute atomic E-state index is 0.000605. The van der Waals surface area contributed by atoms with Gasteiger partial charge in [0.2, 0.25) is 0 Å². The highest BCUT2D eigenvalue weighted by Crippen LogP contribution is 2.41. The predicted octanol–water partition coefficient (Wildman–Crippen LogP) is 5.58. The average molecular weight is 362 g/mol. The zero-order chi connectivity index (χ0) is 18.7. The van der Waals surface area contributed by atoms with Crippen molar-refractivity contribution in [3.63, 3.8) is 0 Å². The zero-order valence-corrected chi connectivity index (χ0v) is 13.5. The van der Waals surface area contributed by atoms with Crippen LogP contribution in [0.3, 0.4) is 0 Å². The van der Waals surface area contributed by atoms with E-state index >= 15 is 0 Å². The maximum absolute atomic E-state index is 13.1. The van der Waals surface area contributed by atoms with Gasteiger partial charge in [-0.2, -0.15) is 13.2 Å². The highest BCUT2D eigenvalue weighted by molar-refractivity contribution is 5.75. The van der Waals surface area contributed by atoms with Crippen molar-refractivity contribution in [2.24, 2.45) is 0 Å². The molecule has 0 saturated carbocycles. The van der Waals surface area contributed by atoms with Crippen LogP contribution in [0.2, 0.25) is 0 Å². The summed E-state index contributed by atoms with van der Waals surface area (Å²) in [4.78, 5) is 10.8. The van der Waals surface area contributed by atoms with Crippen LogP contribution in [0.4, 0.5) is 13.2 Å². The Labute approximate surface area is 146 Å². The molecule has 134 valence electrons. The molecule has 3 aromatic rings. The predicted molar refractivity (Wildman–Crippen MR) is 87.6 cm³/mol. The van der Waals surface area contributed by atoms with Crippen LogP contribution in [0.5, 0.6) is 17.2 Å². The topological polar surface area (TPSA) is 48.7 Å². The second kappa shape index (κ2) is 6.95. The largest absolute Gasteiger partial charge is 0.493 e. The highest BCUT2D eigenvalue weighted by Gasteiger charge is 2.32. The van der Waals surface area contributed by atoms with Gasteiger partial charge in [0.15, 0.2) is 23.5 Å². The number of benzene rings is 2. The summed E-state index contributed by atoms with van der Waals surface area (Å²) < 4.78 is 55.5. The maximum Gasteiger partial charge on any atom is 0.416 e. The first-order chi connectivity index (χ1) is 12.4. The van der Waals surface area contributed by atoms with Gasteiger partial charge in [-0.3, -0.25) is 4.79 Å². The van der Waals surface area contributed by atoms with E-state index in [9.17, 15) is 18.0 Å². The molecule has 0 N–H and O–H groups in total. The molecular weight excluding hydrogens is 349 g/mol. The van der Waals surface area contributed by atoms with Crippen LogP contribution in [0.15, 0.2) is 59.0 Å². The second-order valence-electron chi connectivity index (χ2n) is 5.28. The monoisotopic (exact) mass is 362 g/mol.